The maximum atomic E-state index is 13.2. The zero-order valence-electron chi connectivity index (χ0n) is 21.0. The molecule has 0 unspecified atom stereocenters. The van der Waals surface area contributed by atoms with Gasteiger partial charge in [-0.2, -0.15) is 4.39 Å². The van der Waals surface area contributed by atoms with Crippen molar-refractivity contribution in [1.29, 1.82) is 0 Å². The van der Waals surface area contributed by atoms with Crippen molar-refractivity contribution in [3.63, 3.8) is 0 Å². The average Bonchev–Trinajstić information content (AvgIpc) is 2.84. The van der Waals surface area contributed by atoms with Gasteiger partial charge in [-0.15, -0.1) is 0 Å². The van der Waals surface area contributed by atoms with Crippen LogP contribution in [0.4, 0.5) is 4.39 Å². The predicted molar refractivity (Wildman–Crippen MR) is 140 cm³/mol. The first-order valence-electron chi connectivity index (χ1n) is 11.7. The molecule has 10 nitrogen and oxygen atoms in total. The zero-order chi connectivity index (χ0) is 28.9. The molecule has 0 atom stereocenters. The summed E-state index contributed by atoms with van der Waals surface area (Å²) < 4.78 is 77.9. The molecule has 0 bridgehead atoms. The van der Waals surface area contributed by atoms with Crippen molar-refractivity contribution in [3.05, 3.63) is 84.2 Å². The van der Waals surface area contributed by atoms with Crippen LogP contribution in [-0.4, -0.2) is 77.1 Å². The fourth-order valence-electron chi connectivity index (χ4n) is 3.26. The number of hydrogen-bond donors (Lipinski definition) is 0. The quantitative estimate of drug-likeness (QED) is 0.162. The van der Waals surface area contributed by atoms with Crippen LogP contribution in [0, 0.1) is 0 Å². The van der Waals surface area contributed by atoms with Crippen LogP contribution >= 0.6 is 0 Å². The van der Waals surface area contributed by atoms with Gasteiger partial charge in [0.15, 0.2) is 19.7 Å². The number of halogens is 1. The van der Waals surface area contributed by atoms with Gasteiger partial charge in [-0.3, -0.25) is 9.59 Å². The Morgan fingerprint density at radius 2 is 1.10 bits per heavy atom. The van der Waals surface area contributed by atoms with E-state index in [9.17, 15) is 35.6 Å². The standard InChI is InChI=1S/C26H29FO10S2/c1-20(27)26(30)37-23(18-38(31,32)14-12-35-24(28)16-21-8-4-2-5-9-21)19-39(33,34)15-13-36-25(29)17-22-10-6-3-7-11-22/h2-11,23H,1,12-19H2. The summed E-state index contributed by atoms with van der Waals surface area (Å²) in [5.41, 5.74) is 1.33. The molecule has 0 saturated carbocycles. The van der Waals surface area contributed by atoms with Crippen molar-refractivity contribution in [3.8, 4) is 0 Å². The first-order valence-corrected chi connectivity index (χ1v) is 15.3. The monoisotopic (exact) mass is 584 g/mol. The van der Waals surface area contributed by atoms with E-state index in [-0.39, 0.29) is 12.8 Å². The smallest absolute Gasteiger partial charge is 0.366 e. The molecule has 13 heteroatoms. The van der Waals surface area contributed by atoms with Crippen LogP contribution in [0.3, 0.4) is 0 Å². The highest BCUT2D eigenvalue weighted by molar-refractivity contribution is 7.92. The van der Waals surface area contributed by atoms with E-state index in [2.05, 4.69) is 6.58 Å². The summed E-state index contributed by atoms with van der Waals surface area (Å²) in [5, 5.41) is 0. The van der Waals surface area contributed by atoms with Crippen LogP contribution in [0.15, 0.2) is 73.1 Å². The Labute approximate surface area is 226 Å². The summed E-state index contributed by atoms with van der Waals surface area (Å²) in [6.07, 6.45) is -1.93. The molecule has 0 fully saturated rings. The summed E-state index contributed by atoms with van der Waals surface area (Å²) in [5.74, 6) is -7.82. The molecule has 0 aliphatic heterocycles. The van der Waals surface area contributed by atoms with E-state index in [0.717, 1.165) is 0 Å². The van der Waals surface area contributed by atoms with E-state index in [1.807, 2.05) is 0 Å². The largest absolute Gasteiger partial charge is 0.464 e. The Morgan fingerprint density at radius 3 is 1.46 bits per heavy atom. The second-order valence-electron chi connectivity index (χ2n) is 8.43. The van der Waals surface area contributed by atoms with Gasteiger partial charge in [-0.05, 0) is 11.1 Å². The highest BCUT2D eigenvalue weighted by atomic mass is 32.2. The van der Waals surface area contributed by atoms with Gasteiger partial charge in [0.05, 0.1) is 35.9 Å². The minimum Gasteiger partial charge on any atom is -0.464 e. The average molecular weight is 585 g/mol. The minimum atomic E-state index is -4.12. The second-order valence-corrected chi connectivity index (χ2v) is 12.9. The normalized spacial score (nSPS) is 11.5. The van der Waals surface area contributed by atoms with Crippen LogP contribution in [0.2, 0.25) is 0 Å². The number of hydrogen-bond acceptors (Lipinski definition) is 10. The lowest BCUT2D eigenvalue weighted by Gasteiger charge is -2.18. The van der Waals surface area contributed by atoms with Crippen molar-refractivity contribution in [1.82, 2.24) is 0 Å². The number of rotatable bonds is 16. The summed E-state index contributed by atoms with van der Waals surface area (Å²) in [6, 6.07) is 17.2. The van der Waals surface area contributed by atoms with E-state index in [1.165, 1.54) is 0 Å². The molecule has 212 valence electrons. The Morgan fingerprint density at radius 1 is 0.718 bits per heavy atom. The molecule has 0 aromatic heterocycles. The van der Waals surface area contributed by atoms with Crippen molar-refractivity contribution >= 4 is 37.6 Å². The lowest BCUT2D eigenvalue weighted by Crippen LogP contribution is -2.36. The SMILES string of the molecule is C=C(F)C(=O)OC(CS(=O)(=O)CCOC(=O)Cc1ccccc1)CS(=O)(=O)CCOC(=O)Cc1ccccc1. The summed E-state index contributed by atoms with van der Waals surface area (Å²) in [6.45, 7) is 1.71. The second kappa shape index (κ2) is 15.1. The zero-order valence-corrected chi connectivity index (χ0v) is 22.6. The molecule has 0 N–H and O–H groups in total. The Hall–Kier alpha value is -3.58. The Bertz CT molecular complexity index is 1250. The van der Waals surface area contributed by atoms with E-state index in [1.54, 1.807) is 60.7 Å². The van der Waals surface area contributed by atoms with E-state index < -0.39 is 85.7 Å². The van der Waals surface area contributed by atoms with Gasteiger partial charge in [-0.25, -0.2) is 21.6 Å². The van der Waals surface area contributed by atoms with Gasteiger partial charge in [0, 0.05) is 0 Å². The molecule has 0 aliphatic rings. The van der Waals surface area contributed by atoms with Crippen LogP contribution < -0.4 is 0 Å². The van der Waals surface area contributed by atoms with Gasteiger partial charge in [0.1, 0.15) is 19.3 Å². The van der Waals surface area contributed by atoms with Gasteiger partial charge in [0.2, 0.25) is 5.83 Å². The molecule has 2 aromatic carbocycles. The van der Waals surface area contributed by atoms with Crippen LogP contribution in [0.1, 0.15) is 11.1 Å². The molecule has 0 heterocycles. The molecule has 2 rings (SSSR count). The van der Waals surface area contributed by atoms with Crippen molar-refractivity contribution in [2.24, 2.45) is 0 Å². The lowest BCUT2D eigenvalue weighted by molar-refractivity contribution is -0.144. The number of carbonyl (C=O) groups is 3. The molecule has 0 amide bonds. The topological polar surface area (TPSA) is 147 Å². The first kappa shape index (κ1) is 31.6. The van der Waals surface area contributed by atoms with Gasteiger partial charge >= 0.3 is 17.9 Å². The maximum absolute atomic E-state index is 13.2. The third kappa shape index (κ3) is 13.2. The number of ether oxygens (including phenoxy) is 3. The van der Waals surface area contributed by atoms with E-state index in [0.29, 0.717) is 11.1 Å². The first-order chi connectivity index (χ1) is 18.3. The summed E-state index contributed by atoms with van der Waals surface area (Å²) in [7, 11) is -8.24. The van der Waals surface area contributed by atoms with Gasteiger partial charge in [0.25, 0.3) is 0 Å². The lowest BCUT2D eigenvalue weighted by atomic mass is 10.2. The van der Waals surface area contributed by atoms with Crippen molar-refractivity contribution < 1.29 is 49.8 Å². The number of carbonyl (C=O) groups excluding carboxylic acids is 3. The third-order valence-electron chi connectivity index (χ3n) is 5.07. The Kier molecular flexibility index (Phi) is 12.3. The number of esters is 3. The van der Waals surface area contributed by atoms with Crippen molar-refractivity contribution in [2.45, 2.75) is 18.9 Å². The maximum Gasteiger partial charge on any atom is 0.366 e. The van der Waals surface area contributed by atoms with Crippen molar-refractivity contribution in [2.75, 3.05) is 36.2 Å². The van der Waals surface area contributed by atoms with E-state index >= 15 is 0 Å². The molecular formula is C26H29FO10S2. The fraction of sp³-hybridized carbons (Fsp3) is 0.346. The molecule has 0 spiro atoms. The third-order valence-corrected chi connectivity index (χ3v) is 8.41. The molecule has 0 aliphatic carbocycles. The predicted octanol–water partition coefficient (Wildman–Crippen LogP) is 1.78. The molecule has 0 radical (unpaired) electrons. The molecular weight excluding hydrogens is 555 g/mol. The Balaban J connectivity index is 1.90. The molecule has 2 aromatic rings. The highest BCUT2D eigenvalue weighted by Crippen LogP contribution is 2.10. The molecule has 39 heavy (non-hydrogen) atoms. The summed E-state index contributed by atoms with van der Waals surface area (Å²) in [4.78, 5) is 35.5. The van der Waals surface area contributed by atoms with Crippen LogP contribution in [0.5, 0.6) is 0 Å². The van der Waals surface area contributed by atoms with E-state index in [4.69, 9.17) is 14.2 Å². The summed E-state index contributed by atoms with van der Waals surface area (Å²) >= 11 is 0. The highest BCUT2D eigenvalue weighted by Gasteiger charge is 2.29. The van der Waals surface area contributed by atoms with Crippen LogP contribution in [0.25, 0.3) is 0 Å². The van der Waals surface area contributed by atoms with Gasteiger partial charge in [-0.1, -0.05) is 67.2 Å². The number of benzene rings is 2. The minimum absolute atomic E-state index is 0.0755. The van der Waals surface area contributed by atoms with Crippen LogP contribution in [-0.2, 0) is 61.1 Å². The fourth-order valence-corrected chi connectivity index (χ4v) is 5.92. The number of sulfone groups is 2. The molecule has 0 saturated heterocycles. The van der Waals surface area contributed by atoms with Gasteiger partial charge < -0.3 is 14.2 Å².